The van der Waals surface area contributed by atoms with Crippen molar-refractivity contribution in [1.29, 1.82) is 0 Å². The van der Waals surface area contributed by atoms with Gasteiger partial charge in [0.15, 0.2) is 6.29 Å². The van der Waals surface area contributed by atoms with Crippen LogP contribution >= 0.6 is 0 Å². The number of hydrogen-bond donors (Lipinski definition) is 5. The average Bonchev–Trinajstić information content (AvgIpc) is 3.35. The van der Waals surface area contributed by atoms with Crippen LogP contribution in [0.4, 0.5) is 0 Å². The fourth-order valence-electron chi connectivity index (χ4n) is 3.62. The molecule has 2 aliphatic heterocycles. The molecule has 7 atom stereocenters. The molecule has 0 spiro atoms. The van der Waals surface area contributed by atoms with E-state index in [1.54, 1.807) is 13.1 Å². The molecule has 0 aliphatic carbocycles. The molecule has 0 radical (unpaired) electrons. The van der Waals surface area contributed by atoms with E-state index in [0.717, 1.165) is 0 Å². The number of aliphatic hydroxyl groups is 4. The Labute approximate surface area is 180 Å². The molecule has 2 aromatic rings. The smallest absolute Gasteiger partial charge is 0.330 e. The van der Waals surface area contributed by atoms with E-state index in [4.69, 9.17) is 14.2 Å². The van der Waals surface area contributed by atoms with Gasteiger partial charge in [-0.2, -0.15) is 0 Å². The van der Waals surface area contributed by atoms with Crippen molar-refractivity contribution in [3.05, 3.63) is 44.5 Å². The molecule has 176 valence electrons. The molecule has 2 aromatic heterocycles. The van der Waals surface area contributed by atoms with E-state index < -0.39 is 54.3 Å². The lowest BCUT2D eigenvalue weighted by Gasteiger charge is -2.34. The number of ether oxygens (including phenoxy) is 3. The van der Waals surface area contributed by atoms with Crippen LogP contribution in [0.3, 0.4) is 0 Å². The van der Waals surface area contributed by atoms with Gasteiger partial charge in [0.05, 0.1) is 32.1 Å². The number of nitrogens with zero attached hydrogens (tertiary/aromatic N) is 4. The van der Waals surface area contributed by atoms with E-state index in [1.807, 2.05) is 0 Å². The molecular formula is C18H25N5O9. The van der Waals surface area contributed by atoms with Crippen LogP contribution in [-0.4, -0.2) is 88.4 Å². The fourth-order valence-corrected chi connectivity index (χ4v) is 3.62. The zero-order valence-corrected chi connectivity index (χ0v) is 17.1. The van der Waals surface area contributed by atoms with Gasteiger partial charge in [-0.1, -0.05) is 5.21 Å². The van der Waals surface area contributed by atoms with Gasteiger partial charge in [0.2, 0.25) is 0 Å². The van der Waals surface area contributed by atoms with Crippen molar-refractivity contribution in [3.8, 4) is 0 Å². The summed E-state index contributed by atoms with van der Waals surface area (Å²) < 4.78 is 19.0. The predicted octanol–water partition coefficient (Wildman–Crippen LogP) is -3.26. The molecule has 2 fully saturated rings. The van der Waals surface area contributed by atoms with Crippen molar-refractivity contribution in [2.45, 2.75) is 69.5 Å². The summed E-state index contributed by atoms with van der Waals surface area (Å²) in [6.07, 6.45) is -4.28. The summed E-state index contributed by atoms with van der Waals surface area (Å²) in [6.45, 7) is 1.46. The molecule has 14 nitrogen and oxygen atoms in total. The monoisotopic (exact) mass is 455 g/mol. The molecule has 0 saturated carbocycles. The van der Waals surface area contributed by atoms with Gasteiger partial charge in [0.25, 0.3) is 5.56 Å². The second-order valence-electron chi connectivity index (χ2n) is 7.90. The number of nitrogens with one attached hydrogen (secondary N) is 1. The van der Waals surface area contributed by atoms with Crippen molar-refractivity contribution in [1.82, 2.24) is 24.5 Å². The zero-order valence-electron chi connectivity index (χ0n) is 17.1. The fraction of sp³-hybridized carbons (Fsp3) is 0.667. The largest absolute Gasteiger partial charge is 0.390 e. The highest BCUT2D eigenvalue weighted by molar-refractivity contribution is 5.02. The number of aliphatic hydroxyl groups excluding tert-OH is 4. The standard InChI is InChI=1S/C18H25N5O9/c1-8-3-23(18(29)19-16(8)28)13-2-10(24)12(32-13)5-22-4-9(20-21-22)6-30-17-15(27)14(26)11(25)7-31-17/h3-4,10-15,17,24-27H,2,5-7H2,1H3,(H,19,28,29)/t10-,11-,12+,13+,14-,15+,17-/m0/s1. The molecule has 0 aromatic carbocycles. The van der Waals surface area contributed by atoms with Gasteiger partial charge < -0.3 is 34.6 Å². The Balaban J connectivity index is 1.34. The molecule has 4 rings (SSSR count). The minimum Gasteiger partial charge on any atom is -0.390 e. The molecule has 14 heteroatoms. The van der Waals surface area contributed by atoms with Crippen molar-refractivity contribution < 1.29 is 34.6 Å². The van der Waals surface area contributed by atoms with Gasteiger partial charge in [0, 0.05) is 18.2 Å². The average molecular weight is 455 g/mol. The van der Waals surface area contributed by atoms with Crippen molar-refractivity contribution >= 4 is 0 Å². The molecule has 0 unspecified atom stereocenters. The number of aromatic nitrogens is 5. The second-order valence-corrected chi connectivity index (χ2v) is 7.90. The lowest BCUT2D eigenvalue weighted by molar-refractivity contribution is -0.273. The number of hydrogen-bond acceptors (Lipinski definition) is 11. The number of H-pyrrole nitrogens is 1. The van der Waals surface area contributed by atoms with Crippen LogP contribution in [-0.2, 0) is 27.4 Å². The maximum absolute atomic E-state index is 12.1. The quantitative estimate of drug-likeness (QED) is 0.293. The van der Waals surface area contributed by atoms with Gasteiger partial charge in [-0.15, -0.1) is 5.10 Å². The first-order valence-electron chi connectivity index (χ1n) is 10.0. The first-order valence-corrected chi connectivity index (χ1v) is 10.0. The SMILES string of the molecule is Cc1cn([C@H]2C[C@H](O)[C@@H](Cn3cc(CO[C@H]4OC[C@H](O)[C@H](O)[C@H]4O)nn3)O2)c(=O)[nH]c1=O. The van der Waals surface area contributed by atoms with Gasteiger partial charge in [0.1, 0.15) is 36.3 Å². The maximum Gasteiger partial charge on any atom is 0.330 e. The molecule has 4 heterocycles. The van der Waals surface area contributed by atoms with Gasteiger partial charge in [-0.3, -0.25) is 14.3 Å². The van der Waals surface area contributed by atoms with Crippen molar-refractivity contribution in [2.75, 3.05) is 6.61 Å². The lowest BCUT2D eigenvalue weighted by Crippen LogP contribution is -2.53. The van der Waals surface area contributed by atoms with Crippen LogP contribution in [0.5, 0.6) is 0 Å². The summed E-state index contributed by atoms with van der Waals surface area (Å²) in [6, 6.07) is 0. The highest BCUT2D eigenvalue weighted by atomic mass is 16.7. The Bertz CT molecular complexity index is 1050. The Morgan fingerprint density at radius 2 is 1.97 bits per heavy atom. The van der Waals surface area contributed by atoms with E-state index in [-0.39, 0.29) is 26.2 Å². The first kappa shape index (κ1) is 22.7. The first-order chi connectivity index (χ1) is 15.2. The normalized spacial score (nSPS) is 33.0. The van der Waals surface area contributed by atoms with Crippen molar-refractivity contribution in [2.24, 2.45) is 0 Å². The summed E-state index contributed by atoms with van der Waals surface area (Å²) in [5.74, 6) is 0. The van der Waals surface area contributed by atoms with Gasteiger partial charge in [-0.05, 0) is 6.92 Å². The predicted molar refractivity (Wildman–Crippen MR) is 103 cm³/mol. The molecule has 32 heavy (non-hydrogen) atoms. The van der Waals surface area contributed by atoms with Gasteiger partial charge in [-0.25, -0.2) is 9.48 Å². The van der Waals surface area contributed by atoms with Gasteiger partial charge >= 0.3 is 5.69 Å². The zero-order chi connectivity index (χ0) is 23.0. The summed E-state index contributed by atoms with van der Waals surface area (Å²) in [5.41, 5.74) is -0.349. The Morgan fingerprint density at radius 3 is 2.75 bits per heavy atom. The highest BCUT2D eigenvalue weighted by Crippen LogP contribution is 2.28. The van der Waals surface area contributed by atoms with E-state index in [2.05, 4.69) is 15.3 Å². The molecule has 2 aliphatic rings. The summed E-state index contributed by atoms with van der Waals surface area (Å²) in [7, 11) is 0. The van der Waals surface area contributed by atoms with Crippen LogP contribution in [0, 0.1) is 6.92 Å². The van der Waals surface area contributed by atoms with Crippen molar-refractivity contribution in [3.63, 3.8) is 0 Å². The van der Waals surface area contributed by atoms with Crippen LogP contribution in [0.2, 0.25) is 0 Å². The third kappa shape index (κ3) is 4.66. The minimum atomic E-state index is -1.41. The lowest BCUT2D eigenvalue weighted by atomic mass is 10.1. The number of aryl methyl sites for hydroxylation is 1. The van der Waals surface area contributed by atoms with Crippen LogP contribution in [0.15, 0.2) is 22.0 Å². The maximum atomic E-state index is 12.1. The summed E-state index contributed by atoms with van der Waals surface area (Å²) in [5, 5.41) is 47.3. The van der Waals surface area contributed by atoms with E-state index in [1.165, 1.54) is 15.4 Å². The number of aromatic amines is 1. The third-order valence-electron chi connectivity index (χ3n) is 5.46. The second kappa shape index (κ2) is 9.19. The molecule has 0 amide bonds. The summed E-state index contributed by atoms with van der Waals surface area (Å²) in [4.78, 5) is 25.8. The van der Waals surface area contributed by atoms with E-state index >= 15 is 0 Å². The van der Waals surface area contributed by atoms with E-state index in [0.29, 0.717) is 11.3 Å². The minimum absolute atomic E-state index is 0.0761. The Morgan fingerprint density at radius 1 is 1.19 bits per heavy atom. The summed E-state index contributed by atoms with van der Waals surface area (Å²) >= 11 is 0. The topological polar surface area (TPSA) is 194 Å². The third-order valence-corrected chi connectivity index (χ3v) is 5.46. The van der Waals surface area contributed by atoms with Crippen LogP contribution in [0.25, 0.3) is 0 Å². The number of rotatable bonds is 6. The van der Waals surface area contributed by atoms with Crippen LogP contribution < -0.4 is 11.2 Å². The van der Waals surface area contributed by atoms with E-state index in [9.17, 15) is 30.0 Å². The molecule has 5 N–H and O–H groups in total. The molecule has 2 saturated heterocycles. The highest BCUT2D eigenvalue weighted by Gasteiger charge is 2.38. The Kier molecular flexibility index (Phi) is 6.52. The van der Waals surface area contributed by atoms with Crippen LogP contribution in [0.1, 0.15) is 23.9 Å². The molecular weight excluding hydrogens is 430 g/mol. The Hall–Kier alpha value is -2.46. The molecule has 0 bridgehead atoms.